The molecule has 4 nitrogen and oxygen atoms in total. The number of fused-ring (bicyclic) bond motifs is 3. The molecule has 0 radical (unpaired) electrons. The first kappa shape index (κ1) is 10.2. The van der Waals surface area contributed by atoms with Crippen molar-refractivity contribution in [1.82, 2.24) is 0 Å². The second-order valence-electron chi connectivity index (χ2n) is 3.87. The zero-order chi connectivity index (χ0) is 12.0. The van der Waals surface area contributed by atoms with Crippen LogP contribution in [0.3, 0.4) is 0 Å². The molecule has 17 heavy (non-hydrogen) atoms. The Hall–Kier alpha value is -2.01. The Morgan fingerprint density at radius 3 is 2.47 bits per heavy atom. The molecular formula is C12H10N2O2S. The highest BCUT2D eigenvalue weighted by Gasteiger charge is 2.27. The third kappa shape index (κ3) is 1.39. The van der Waals surface area contributed by atoms with Gasteiger partial charge in [0.25, 0.3) is 10.0 Å². The molecule has 0 fully saturated rings. The monoisotopic (exact) mass is 246 g/mol. The van der Waals surface area contributed by atoms with Gasteiger partial charge in [-0.15, -0.1) is 0 Å². The van der Waals surface area contributed by atoms with E-state index in [1.54, 1.807) is 24.3 Å². The van der Waals surface area contributed by atoms with Gasteiger partial charge in [-0.3, -0.25) is 4.72 Å². The number of nitrogens with two attached hydrogens (primary N) is 1. The molecule has 2 aromatic carbocycles. The molecule has 3 N–H and O–H groups in total. The van der Waals surface area contributed by atoms with Gasteiger partial charge >= 0.3 is 0 Å². The predicted octanol–water partition coefficient (Wildman–Crippen LogP) is 2.05. The van der Waals surface area contributed by atoms with Crippen molar-refractivity contribution in [3.05, 3.63) is 42.5 Å². The van der Waals surface area contributed by atoms with E-state index < -0.39 is 10.0 Å². The van der Waals surface area contributed by atoms with E-state index in [2.05, 4.69) is 4.72 Å². The number of nitrogens with one attached hydrogen (secondary N) is 1. The maximum absolute atomic E-state index is 12.0. The van der Waals surface area contributed by atoms with Crippen molar-refractivity contribution >= 4 is 21.4 Å². The molecule has 0 aromatic heterocycles. The topological polar surface area (TPSA) is 72.2 Å². The van der Waals surface area contributed by atoms with Crippen LogP contribution in [-0.4, -0.2) is 8.42 Å². The Morgan fingerprint density at radius 1 is 0.941 bits per heavy atom. The van der Waals surface area contributed by atoms with Gasteiger partial charge in [0, 0.05) is 11.1 Å². The van der Waals surface area contributed by atoms with Crippen molar-refractivity contribution in [3.63, 3.8) is 0 Å². The fourth-order valence-electron chi connectivity index (χ4n) is 2.02. The lowest BCUT2D eigenvalue weighted by molar-refractivity contribution is 0.601. The van der Waals surface area contributed by atoms with Gasteiger partial charge in [0.2, 0.25) is 0 Å². The minimum atomic E-state index is -3.51. The summed E-state index contributed by atoms with van der Waals surface area (Å²) in [7, 11) is -3.51. The molecular weight excluding hydrogens is 236 g/mol. The summed E-state index contributed by atoms with van der Waals surface area (Å²) in [6.45, 7) is 0. The summed E-state index contributed by atoms with van der Waals surface area (Å²) in [6.07, 6.45) is 0. The summed E-state index contributed by atoms with van der Waals surface area (Å²) in [6, 6.07) is 12.2. The molecule has 3 rings (SSSR count). The van der Waals surface area contributed by atoms with Gasteiger partial charge < -0.3 is 5.73 Å². The van der Waals surface area contributed by atoms with Crippen molar-refractivity contribution in [2.24, 2.45) is 0 Å². The fraction of sp³-hybridized carbons (Fsp3) is 0. The summed E-state index contributed by atoms with van der Waals surface area (Å²) in [4.78, 5) is 0.290. The third-order valence-electron chi connectivity index (χ3n) is 2.80. The van der Waals surface area contributed by atoms with Crippen LogP contribution in [0.4, 0.5) is 11.4 Å². The van der Waals surface area contributed by atoms with Crippen LogP contribution in [0.1, 0.15) is 0 Å². The lowest BCUT2D eigenvalue weighted by Gasteiger charge is -2.22. The van der Waals surface area contributed by atoms with E-state index in [4.69, 9.17) is 5.73 Å². The molecule has 0 unspecified atom stereocenters. The van der Waals surface area contributed by atoms with Crippen LogP contribution in [0.15, 0.2) is 47.4 Å². The molecule has 0 saturated carbocycles. The van der Waals surface area contributed by atoms with E-state index in [1.807, 2.05) is 18.2 Å². The predicted molar refractivity (Wildman–Crippen MR) is 67.1 cm³/mol. The highest BCUT2D eigenvalue weighted by molar-refractivity contribution is 7.93. The first-order valence-corrected chi connectivity index (χ1v) is 6.58. The Balaban J connectivity index is 2.44. The molecule has 0 atom stereocenters. The first-order chi connectivity index (χ1) is 8.09. The van der Waals surface area contributed by atoms with E-state index in [0.29, 0.717) is 16.9 Å². The van der Waals surface area contributed by atoms with Crippen LogP contribution < -0.4 is 10.5 Å². The number of sulfonamides is 1. The van der Waals surface area contributed by atoms with Gasteiger partial charge in [0.1, 0.15) is 0 Å². The Kier molecular flexibility index (Phi) is 1.94. The normalized spacial score (nSPS) is 15.5. The molecule has 0 saturated heterocycles. The van der Waals surface area contributed by atoms with E-state index in [-0.39, 0.29) is 4.90 Å². The molecule has 0 spiro atoms. The third-order valence-corrected chi connectivity index (χ3v) is 4.21. The molecule has 0 bridgehead atoms. The summed E-state index contributed by atoms with van der Waals surface area (Å²) >= 11 is 0. The average Bonchev–Trinajstić information content (AvgIpc) is 2.31. The lowest BCUT2D eigenvalue weighted by Crippen LogP contribution is -2.19. The zero-order valence-corrected chi connectivity index (χ0v) is 9.66. The van der Waals surface area contributed by atoms with Crippen molar-refractivity contribution < 1.29 is 8.42 Å². The largest absolute Gasteiger partial charge is 0.397 e. The fourth-order valence-corrected chi connectivity index (χ4v) is 3.35. The number of hydrogen-bond acceptors (Lipinski definition) is 3. The van der Waals surface area contributed by atoms with Crippen LogP contribution in [-0.2, 0) is 10.0 Å². The van der Waals surface area contributed by atoms with Crippen LogP contribution in [0.2, 0.25) is 0 Å². The summed E-state index contributed by atoms with van der Waals surface area (Å²) in [5.74, 6) is 0. The standard InChI is InChI=1S/C12H10N2O2S/c13-10-6-3-5-9-8-4-1-2-7-11(8)17(15,16)14-12(9)10/h1-7,14H,13H2. The van der Waals surface area contributed by atoms with E-state index in [1.165, 1.54) is 0 Å². The molecule has 1 aliphatic heterocycles. The molecule has 2 aromatic rings. The van der Waals surface area contributed by atoms with Gasteiger partial charge in [0.05, 0.1) is 16.3 Å². The van der Waals surface area contributed by atoms with Gasteiger partial charge in [0.15, 0.2) is 0 Å². The zero-order valence-electron chi connectivity index (χ0n) is 8.84. The Labute approximate surface area is 99.1 Å². The molecule has 86 valence electrons. The van der Waals surface area contributed by atoms with E-state index in [0.717, 1.165) is 5.56 Å². The maximum atomic E-state index is 12.0. The van der Waals surface area contributed by atoms with Crippen molar-refractivity contribution in [3.8, 4) is 11.1 Å². The quantitative estimate of drug-likeness (QED) is 0.699. The van der Waals surface area contributed by atoms with Crippen molar-refractivity contribution in [2.75, 3.05) is 10.5 Å². The Bertz CT molecular complexity index is 708. The Morgan fingerprint density at radius 2 is 1.65 bits per heavy atom. The summed E-state index contributed by atoms with van der Waals surface area (Å²) < 4.78 is 26.6. The highest BCUT2D eigenvalue weighted by Crippen LogP contribution is 2.41. The van der Waals surface area contributed by atoms with Gasteiger partial charge in [-0.05, 0) is 12.1 Å². The number of para-hydroxylation sites is 1. The first-order valence-electron chi connectivity index (χ1n) is 5.10. The minimum Gasteiger partial charge on any atom is -0.397 e. The number of anilines is 2. The SMILES string of the molecule is Nc1cccc2c1NS(=O)(=O)c1ccccc1-2. The second-order valence-corrected chi connectivity index (χ2v) is 5.52. The van der Waals surface area contributed by atoms with Crippen molar-refractivity contribution in [1.29, 1.82) is 0 Å². The molecule has 5 heteroatoms. The number of rotatable bonds is 0. The van der Waals surface area contributed by atoms with Crippen LogP contribution in [0.25, 0.3) is 11.1 Å². The van der Waals surface area contributed by atoms with Crippen LogP contribution >= 0.6 is 0 Å². The lowest BCUT2D eigenvalue weighted by atomic mass is 10.0. The smallest absolute Gasteiger partial charge is 0.262 e. The van der Waals surface area contributed by atoms with Gasteiger partial charge in [-0.2, -0.15) is 0 Å². The maximum Gasteiger partial charge on any atom is 0.262 e. The van der Waals surface area contributed by atoms with Crippen LogP contribution in [0.5, 0.6) is 0 Å². The molecule has 1 heterocycles. The molecule has 0 aliphatic carbocycles. The van der Waals surface area contributed by atoms with E-state index >= 15 is 0 Å². The summed E-state index contributed by atoms with van der Waals surface area (Å²) in [5.41, 5.74) is 8.19. The number of benzene rings is 2. The van der Waals surface area contributed by atoms with Crippen molar-refractivity contribution in [2.45, 2.75) is 4.90 Å². The number of nitrogen functional groups attached to an aromatic ring is 1. The highest BCUT2D eigenvalue weighted by atomic mass is 32.2. The molecule has 0 amide bonds. The second kappa shape index (κ2) is 3.24. The molecule has 1 aliphatic rings. The number of hydrogen-bond donors (Lipinski definition) is 2. The minimum absolute atomic E-state index is 0.290. The van der Waals surface area contributed by atoms with Gasteiger partial charge in [-0.1, -0.05) is 30.3 Å². The van der Waals surface area contributed by atoms with Crippen LogP contribution in [0, 0.1) is 0 Å². The van der Waals surface area contributed by atoms with Gasteiger partial charge in [-0.25, -0.2) is 8.42 Å². The average molecular weight is 246 g/mol. The van der Waals surface area contributed by atoms with E-state index in [9.17, 15) is 8.42 Å². The summed E-state index contributed by atoms with van der Waals surface area (Å²) in [5, 5.41) is 0.